The molecular weight excluding hydrogens is 275 g/mol. The fourth-order valence-corrected chi connectivity index (χ4v) is 1.85. The van der Waals surface area contributed by atoms with Gasteiger partial charge in [0.25, 0.3) is 5.91 Å². The third-order valence-corrected chi connectivity index (χ3v) is 2.62. The minimum absolute atomic E-state index is 0.173. The third-order valence-electron chi connectivity index (χ3n) is 2.23. The molecule has 0 fully saturated rings. The van der Waals surface area contributed by atoms with Gasteiger partial charge in [0.1, 0.15) is 10.3 Å². The van der Waals surface area contributed by atoms with Gasteiger partial charge >= 0.3 is 0 Å². The number of hydrogen-bond donors (Lipinski definition) is 1. The topological polar surface area (TPSA) is 59.8 Å². The second kappa shape index (κ2) is 5.37. The van der Waals surface area contributed by atoms with Crippen molar-refractivity contribution < 1.29 is 4.79 Å². The average molecular weight is 285 g/mol. The molecule has 5 nitrogen and oxygen atoms in total. The fraction of sp³-hybridized carbons (Fsp3) is 0.182. The number of halogens is 2. The van der Waals surface area contributed by atoms with Crippen LogP contribution in [-0.2, 0) is 6.54 Å². The lowest BCUT2D eigenvalue weighted by atomic mass is 10.2. The SMILES string of the molecule is CCn1ccc(NC(=O)c2cc(Cl)nc(Cl)c2)n1. The molecule has 0 unspecified atom stereocenters. The van der Waals surface area contributed by atoms with Crippen molar-refractivity contribution in [1.29, 1.82) is 0 Å². The summed E-state index contributed by atoms with van der Waals surface area (Å²) in [4.78, 5) is 15.7. The van der Waals surface area contributed by atoms with Crippen molar-refractivity contribution in [3.8, 4) is 0 Å². The van der Waals surface area contributed by atoms with Crippen LogP contribution in [0.15, 0.2) is 24.4 Å². The summed E-state index contributed by atoms with van der Waals surface area (Å²) in [6.45, 7) is 2.70. The van der Waals surface area contributed by atoms with Gasteiger partial charge in [0.05, 0.1) is 0 Å². The largest absolute Gasteiger partial charge is 0.305 e. The van der Waals surface area contributed by atoms with Crippen molar-refractivity contribution in [2.24, 2.45) is 0 Å². The number of pyridine rings is 1. The molecule has 0 atom stereocenters. The van der Waals surface area contributed by atoms with Gasteiger partial charge in [0.2, 0.25) is 0 Å². The predicted octanol–water partition coefficient (Wildman–Crippen LogP) is 2.86. The Bertz CT molecular complexity index is 562. The molecule has 0 saturated heterocycles. The van der Waals surface area contributed by atoms with Gasteiger partial charge in [0.15, 0.2) is 5.82 Å². The summed E-state index contributed by atoms with van der Waals surface area (Å²) < 4.78 is 1.71. The van der Waals surface area contributed by atoms with E-state index in [1.165, 1.54) is 12.1 Å². The number of nitrogens with one attached hydrogen (secondary N) is 1. The Morgan fingerprint density at radius 1 is 1.39 bits per heavy atom. The number of amides is 1. The summed E-state index contributed by atoms with van der Waals surface area (Å²) >= 11 is 11.5. The number of aryl methyl sites for hydroxylation is 1. The molecule has 2 heterocycles. The van der Waals surface area contributed by atoms with Crippen molar-refractivity contribution in [2.75, 3.05) is 5.32 Å². The summed E-state index contributed by atoms with van der Waals surface area (Å²) in [7, 11) is 0. The molecule has 1 amide bonds. The summed E-state index contributed by atoms with van der Waals surface area (Å²) in [6, 6.07) is 4.60. The molecule has 0 aromatic carbocycles. The van der Waals surface area contributed by atoms with Gasteiger partial charge in [-0.05, 0) is 19.1 Å². The van der Waals surface area contributed by atoms with Gasteiger partial charge in [0, 0.05) is 24.4 Å². The van der Waals surface area contributed by atoms with Crippen LogP contribution < -0.4 is 5.32 Å². The molecule has 2 aromatic rings. The van der Waals surface area contributed by atoms with Crippen LogP contribution in [0.3, 0.4) is 0 Å². The lowest BCUT2D eigenvalue weighted by molar-refractivity contribution is 0.102. The minimum atomic E-state index is -0.331. The maximum Gasteiger partial charge on any atom is 0.257 e. The van der Waals surface area contributed by atoms with Gasteiger partial charge < -0.3 is 5.32 Å². The van der Waals surface area contributed by atoms with E-state index < -0.39 is 0 Å². The smallest absolute Gasteiger partial charge is 0.257 e. The van der Waals surface area contributed by atoms with Gasteiger partial charge in [-0.15, -0.1) is 0 Å². The number of anilines is 1. The number of carbonyl (C=O) groups excluding carboxylic acids is 1. The van der Waals surface area contributed by atoms with Gasteiger partial charge in [-0.1, -0.05) is 23.2 Å². The normalized spacial score (nSPS) is 10.4. The van der Waals surface area contributed by atoms with Crippen LogP contribution in [0.25, 0.3) is 0 Å². The van der Waals surface area contributed by atoms with E-state index in [9.17, 15) is 4.79 Å². The van der Waals surface area contributed by atoms with Crippen molar-refractivity contribution in [2.45, 2.75) is 13.5 Å². The number of nitrogens with zero attached hydrogens (tertiary/aromatic N) is 3. The summed E-state index contributed by atoms with van der Waals surface area (Å²) in [6.07, 6.45) is 1.78. The maximum atomic E-state index is 11.9. The van der Waals surface area contributed by atoms with Crippen LogP contribution in [-0.4, -0.2) is 20.7 Å². The van der Waals surface area contributed by atoms with Gasteiger partial charge in [-0.25, -0.2) is 4.98 Å². The van der Waals surface area contributed by atoms with E-state index in [0.29, 0.717) is 11.4 Å². The fourth-order valence-electron chi connectivity index (χ4n) is 1.39. The highest BCUT2D eigenvalue weighted by molar-refractivity contribution is 6.33. The van der Waals surface area contributed by atoms with E-state index in [2.05, 4.69) is 15.4 Å². The lowest BCUT2D eigenvalue weighted by Gasteiger charge is -2.03. The molecule has 1 N–H and O–H groups in total. The van der Waals surface area contributed by atoms with Crippen LogP contribution in [0, 0.1) is 0 Å². The van der Waals surface area contributed by atoms with Crippen LogP contribution in [0.4, 0.5) is 5.82 Å². The van der Waals surface area contributed by atoms with Crippen molar-refractivity contribution in [3.05, 3.63) is 40.3 Å². The predicted molar refractivity (Wildman–Crippen MR) is 70.1 cm³/mol. The minimum Gasteiger partial charge on any atom is -0.305 e. The highest BCUT2D eigenvalue weighted by atomic mass is 35.5. The molecule has 0 aliphatic rings. The zero-order valence-electron chi connectivity index (χ0n) is 9.52. The molecular formula is C11H10Cl2N4O. The molecule has 0 spiro atoms. The second-order valence-corrected chi connectivity index (χ2v) is 4.29. The molecule has 0 aliphatic carbocycles. The van der Waals surface area contributed by atoms with Crippen molar-refractivity contribution in [1.82, 2.24) is 14.8 Å². The number of rotatable bonds is 3. The van der Waals surface area contributed by atoms with E-state index in [0.717, 1.165) is 6.54 Å². The molecule has 2 aromatic heterocycles. The van der Waals surface area contributed by atoms with Crippen molar-refractivity contribution >= 4 is 34.9 Å². The summed E-state index contributed by atoms with van der Waals surface area (Å²) in [5.41, 5.74) is 0.339. The highest BCUT2D eigenvalue weighted by Crippen LogP contribution is 2.15. The van der Waals surface area contributed by atoms with E-state index >= 15 is 0 Å². The lowest BCUT2D eigenvalue weighted by Crippen LogP contribution is -2.13. The monoisotopic (exact) mass is 284 g/mol. The van der Waals surface area contributed by atoms with Gasteiger partial charge in [-0.2, -0.15) is 5.10 Å². The quantitative estimate of drug-likeness (QED) is 0.882. The molecule has 18 heavy (non-hydrogen) atoms. The maximum absolute atomic E-state index is 11.9. The Kier molecular flexibility index (Phi) is 3.84. The molecule has 94 valence electrons. The number of aromatic nitrogens is 3. The zero-order valence-corrected chi connectivity index (χ0v) is 11.0. The van der Waals surface area contributed by atoms with Crippen LogP contribution >= 0.6 is 23.2 Å². The first-order valence-electron chi connectivity index (χ1n) is 5.26. The van der Waals surface area contributed by atoms with Gasteiger partial charge in [-0.3, -0.25) is 9.48 Å². The van der Waals surface area contributed by atoms with E-state index in [4.69, 9.17) is 23.2 Å². The molecule has 0 bridgehead atoms. The average Bonchev–Trinajstić information content (AvgIpc) is 2.75. The molecule has 0 radical (unpaired) electrons. The molecule has 0 saturated carbocycles. The third kappa shape index (κ3) is 3.00. The van der Waals surface area contributed by atoms with E-state index in [1.807, 2.05) is 6.92 Å². The first-order chi connectivity index (χ1) is 8.58. The Labute approximate surface area is 114 Å². The first kappa shape index (κ1) is 12.9. The molecule has 0 aliphatic heterocycles. The molecule has 7 heteroatoms. The second-order valence-electron chi connectivity index (χ2n) is 3.51. The van der Waals surface area contributed by atoms with E-state index in [-0.39, 0.29) is 16.2 Å². The van der Waals surface area contributed by atoms with E-state index in [1.54, 1.807) is 16.9 Å². The Balaban J connectivity index is 2.16. The number of hydrogen-bond acceptors (Lipinski definition) is 3. The summed E-state index contributed by atoms with van der Waals surface area (Å²) in [5.74, 6) is 0.147. The van der Waals surface area contributed by atoms with Crippen LogP contribution in [0.1, 0.15) is 17.3 Å². The first-order valence-corrected chi connectivity index (χ1v) is 6.02. The Morgan fingerprint density at radius 3 is 2.61 bits per heavy atom. The zero-order chi connectivity index (χ0) is 13.1. The standard InChI is InChI=1S/C11H10Cl2N4O/c1-2-17-4-3-10(16-17)15-11(18)7-5-8(12)14-9(13)6-7/h3-6H,2H2,1H3,(H,15,16,18). The van der Waals surface area contributed by atoms with Crippen LogP contribution in [0.2, 0.25) is 10.3 Å². The number of carbonyl (C=O) groups is 1. The van der Waals surface area contributed by atoms with Crippen LogP contribution in [0.5, 0.6) is 0 Å². The Hall–Kier alpha value is -1.59. The van der Waals surface area contributed by atoms with Crippen molar-refractivity contribution in [3.63, 3.8) is 0 Å². The Morgan fingerprint density at radius 2 is 2.06 bits per heavy atom. The summed E-state index contributed by atoms with van der Waals surface area (Å²) in [5, 5.41) is 7.14. The molecule has 2 rings (SSSR count). The highest BCUT2D eigenvalue weighted by Gasteiger charge is 2.10.